The van der Waals surface area contributed by atoms with E-state index in [1.165, 1.54) is 29.3 Å². The molecule has 1 nitrogen and oxygen atoms in total. The fourth-order valence-corrected chi connectivity index (χ4v) is 4.48. The molecule has 0 N–H and O–H groups in total. The number of benzene rings is 2. The minimum absolute atomic E-state index is 0.393. The van der Waals surface area contributed by atoms with Crippen molar-refractivity contribution < 1.29 is 0 Å². The first-order valence-corrected chi connectivity index (χ1v) is 11.9. The van der Waals surface area contributed by atoms with Gasteiger partial charge in [-0.3, -0.25) is 0 Å². The van der Waals surface area contributed by atoms with Crippen molar-refractivity contribution in [1.82, 2.24) is 0 Å². The van der Waals surface area contributed by atoms with Crippen molar-refractivity contribution in [3.8, 4) is 6.07 Å². The van der Waals surface area contributed by atoms with Crippen molar-refractivity contribution in [2.45, 2.75) is 87.8 Å². The van der Waals surface area contributed by atoms with Crippen LogP contribution in [0, 0.1) is 22.2 Å². The molecule has 1 heterocycles. The van der Waals surface area contributed by atoms with Crippen molar-refractivity contribution in [2.75, 3.05) is 0 Å². The van der Waals surface area contributed by atoms with Gasteiger partial charge in [0, 0.05) is 0 Å². The molecule has 3 rings (SSSR count). The van der Waals surface area contributed by atoms with E-state index in [2.05, 4.69) is 71.0 Å². The van der Waals surface area contributed by atoms with Crippen LogP contribution in [0.2, 0.25) is 12.6 Å². The van der Waals surface area contributed by atoms with E-state index in [1.54, 1.807) is 5.46 Å². The zero-order chi connectivity index (χ0) is 22.9. The zero-order valence-electron chi connectivity index (χ0n) is 20.9. The molecule has 1 aliphatic heterocycles. The fraction of sp³-hybridized carbons (Fsp3) is 0.536. The highest BCUT2D eigenvalue weighted by atomic mass is 14.4. The summed E-state index contributed by atoms with van der Waals surface area (Å²) in [6, 6.07) is 17.3. The van der Waals surface area contributed by atoms with Gasteiger partial charge >= 0.3 is 0 Å². The summed E-state index contributed by atoms with van der Waals surface area (Å²) in [6.07, 6.45) is 4.58. The van der Waals surface area contributed by atoms with Crippen molar-refractivity contribution in [3.05, 3.63) is 64.7 Å². The highest BCUT2D eigenvalue weighted by molar-refractivity contribution is 6.74. The molecule has 0 radical (unpaired) electrons. The molecule has 0 spiro atoms. The normalized spacial score (nSPS) is 15.9. The van der Waals surface area contributed by atoms with Gasteiger partial charge in [0.05, 0.1) is 11.6 Å². The van der Waals surface area contributed by atoms with Gasteiger partial charge < -0.3 is 0 Å². The highest BCUT2D eigenvalue weighted by Gasteiger charge is 2.48. The van der Waals surface area contributed by atoms with Crippen LogP contribution >= 0.6 is 0 Å². The predicted molar refractivity (Wildman–Crippen MR) is 135 cm³/mol. The molecule has 2 heteroatoms. The maximum Gasteiger partial charge on any atom is 0.177 e. The Balaban J connectivity index is 0.00000106. The molecule has 2 aromatic carbocycles. The Morgan fingerprint density at radius 2 is 1.33 bits per heavy atom. The van der Waals surface area contributed by atoms with Crippen molar-refractivity contribution in [3.63, 3.8) is 0 Å². The Kier molecular flexibility index (Phi) is 9.89. The van der Waals surface area contributed by atoms with E-state index in [9.17, 15) is 0 Å². The van der Waals surface area contributed by atoms with E-state index in [0.29, 0.717) is 17.5 Å². The van der Waals surface area contributed by atoms with Crippen LogP contribution in [0.1, 0.15) is 84.6 Å². The molecule has 0 aliphatic carbocycles. The lowest BCUT2D eigenvalue weighted by Gasteiger charge is -2.35. The number of nitrogens with zero attached hydrogens (tertiary/aromatic N) is 1. The van der Waals surface area contributed by atoms with Crippen LogP contribution in [0.3, 0.4) is 0 Å². The predicted octanol–water partition coefficient (Wildman–Crippen LogP) is 7.53. The first kappa shape index (κ1) is 26.0. The van der Waals surface area contributed by atoms with Gasteiger partial charge in [0.1, 0.15) is 0 Å². The summed E-state index contributed by atoms with van der Waals surface area (Å²) >= 11 is 0. The second-order valence-corrected chi connectivity index (χ2v) is 9.25. The maximum atomic E-state index is 8.94. The largest absolute Gasteiger partial charge is 0.192 e. The van der Waals surface area contributed by atoms with Gasteiger partial charge in [-0.25, -0.2) is 0 Å². The lowest BCUT2D eigenvalue weighted by atomic mass is 9.41. The Bertz CT molecular complexity index is 809. The SMILES string of the molecule is CC.CC.CCc1cc(Cc2ccc(C#N)cc2)ccc1B1CC(C)(C)C(C)(C)C1. The van der Waals surface area contributed by atoms with Gasteiger partial charge in [-0.15, -0.1) is 0 Å². The molecule has 0 saturated carbocycles. The molecule has 0 atom stereocenters. The van der Waals surface area contributed by atoms with E-state index in [4.69, 9.17) is 5.26 Å². The van der Waals surface area contributed by atoms with Gasteiger partial charge in [0.25, 0.3) is 0 Å². The smallest absolute Gasteiger partial charge is 0.177 e. The maximum absolute atomic E-state index is 8.94. The van der Waals surface area contributed by atoms with Crippen LogP contribution in [0.15, 0.2) is 42.5 Å². The minimum atomic E-state index is 0.393. The Morgan fingerprint density at radius 1 is 0.833 bits per heavy atom. The molecule has 1 saturated heterocycles. The first-order valence-electron chi connectivity index (χ1n) is 11.9. The van der Waals surface area contributed by atoms with E-state index in [0.717, 1.165) is 18.4 Å². The van der Waals surface area contributed by atoms with Crippen LogP contribution in [-0.4, -0.2) is 6.71 Å². The highest BCUT2D eigenvalue weighted by Crippen LogP contribution is 2.52. The van der Waals surface area contributed by atoms with Crippen LogP contribution < -0.4 is 5.46 Å². The third-order valence-electron chi connectivity index (χ3n) is 6.86. The van der Waals surface area contributed by atoms with Crippen LogP contribution in [0.5, 0.6) is 0 Å². The van der Waals surface area contributed by atoms with E-state index < -0.39 is 0 Å². The van der Waals surface area contributed by atoms with Crippen molar-refractivity contribution in [1.29, 1.82) is 5.26 Å². The molecular formula is C28H42BN. The zero-order valence-corrected chi connectivity index (χ0v) is 20.9. The monoisotopic (exact) mass is 403 g/mol. The average Bonchev–Trinajstić information content (AvgIpc) is 2.98. The summed E-state index contributed by atoms with van der Waals surface area (Å²) in [5, 5.41) is 8.94. The molecule has 0 aromatic heterocycles. The lowest BCUT2D eigenvalue weighted by Crippen LogP contribution is -2.31. The molecule has 0 bridgehead atoms. The van der Waals surface area contributed by atoms with Gasteiger partial charge in [-0.1, -0.05) is 116 Å². The Labute approximate surface area is 187 Å². The quantitative estimate of drug-likeness (QED) is 0.484. The second kappa shape index (κ2) is 11.4. The Morgan fingerprint density at radius 3 is 1.80 bits per heavy atom. The van der Waals surface area contributed by atoms with Crippen LogP contribution in [0.4, 0.5) is 0 Å². The summed E-state index contributed by atoms with van der Waals surface area (Å²) in [5.41, 5.74) is 7.22. The van der Waals surface area contributed by atoms with E-state index in [-0.39, 0.29) is 0 Å². The summed E-state index contributed by atoms with van der Waals surface area (Å²) in [4.78, 5) is 0. The van der Waals surface area contributed by atoms with Gasteiger partial charge in [0.2, 0.25) is 0 Å². The van der Waals surface area contributed by atoms with Gasteiger partial charge in [0.15, 0.2) is 6.71 Å². The average molecular weight is 403 g/mol. The van der Waals surface area contributed by atoms with Crippen molar-refractivity contribution >= 4 is 12.2 Å². The third kappa shape index (κ3) is 6.01. The molecule has 0 unspecified atom stereocenters. The summed E-state index contributed by atoms with van der Waals surface area (Å²) in [5.74, 6) is 0. The number of rotatable bonds is 4. The summed E-state index contributed by atoms with van der Waals surface area (Å²) in [7, 11) is 0. The molecule has 0 amide bonds. The molecule has 1 aliphatic rings. The first-order chi connectivity index (χ1) is 14.3. The number of aryl methyl sites for hydroxylation is 1. The number of hydrogen-bond donors (Lipinski definition) is 0. The van der Waals surface area contributed by atoms with Gasteiger partial charge in [-0.05, 0) is 46.9 Å². The summed E-state index contributed by atoms with van der Waals surface area (Å²) in [6.45, 7) is 20.7. The lowest BCUT2D eigenvalue weighted by molar-refractivity contribution is 0.177. The van der Waals surface area contributed by atoms with Crippen LogP contribution in [0.25, 0.3) is 0 Å². The molecule has 1 fully saturated rings. The van der Waals surface area contributed by atoms with E-state index in [1.807, 2.05) is 39.8 Å². The second-order valence-electron chi connectivity index (χ2n) is 9.25. The topological polar surface area (TPSA) is 23.8 Å². The molecule has 162 valence electrons. The standard InChI is InChI=1S/C24H30BN.2C2H6/c1-6-21-14-20(13-18-7-9-19(15-26)10-8-18)11-12-22(21)25-16-23(2,3)24(4,5)17-25;2*1-2/h7-12,14H,6,13,16-17H2,1-5H3;2*1-2H3. The minimum Gasteiger partial charge on any atom is -0.192 e. The molecule has 2 aromatic rings. The van der Waals surface area contributed by atoms with E-state index >= 15 is 0 Å². The summed E-state index contributed by atoms with van der Waals surface area (Å²) < 4.78 is 0. The molecule has 30 heavy (non-hydrogen) atoms. The Hall–Kier alpha value is -2.01. The van der Waals surface area contributed by atoms with Gasteiger partial charge in [-0.2, -0.15) is 5.26 Å². The number of hydrogen-bond acceptors (Lipinski definition) is 1. The molecular weight excluding hydrogens is 361 g/mol. The van der Waals surface area contributed by atoms with Crippen LogP contribution in [-0.2, 0) is 12.8 Å². The van der Waals surface area contributed by atoms with Crippen molar-refractivity contribution in [2.24, 2.45) is 10.8 Å². The fourth-order valence-electron chi connectivity index (χ4n) is 4.48. The number of nitriles is 1. The third-order valence-corrected chi connectivity index (χ3v) is 6.86.